The molecule has 1 amide bonds. The first kappa shape index (κ1) is 22.1. The molecule has 0 radical (unpaired) electrons. The highest BCUT2D eigenvalue weighted by Crippen LogP contribution is 2.50. The third-order valence-corrected chi connectivity index (χ3v) is 6.93. The van der Waals surface area contributed by atoms with Crippen LogP contribution in [-0.4, -0.2) is 39.6 Å². The molecular weight excluding hydrogens is 437 g/mol. The zero-order valence-electron chi connectivity index (χ0n) is 17.0. The van der Waals surface area contributed by atoms with Crippen molar-refractivity contribution in [3.05, 3.63) is 69.7 Å². The number of halogens is 2. The van der Waals surface area contributed by atoms with Crippen LogP contribution in [0.15, 0.2) is 48.5 Å². The number of aliphatic hydroxyl groups excluding tert-OH is 1. The molecule has 31 heavy (non-hydrogen) atoms. The van der Waals surface area contributed by atoms with Gasteiger partial charge < -0.3 is 15.1 Å². The monoisotopic (exact) mass is 461 g/mol. The number of aliphatic hydroxyl groups is 1. The van der Waals surface area contributed by atoms with Gasteiger partial charge in [-0.15, -0.1) is 0 Å². The minimum atomic E-state index is -1.000. The van der Waals surface area contributed by atoms with Crippen LogP contribution in [0.1, 0.15) is 48.8 Å². The highest BCUT2D eigenvalue weighted by Gasteiger charge is 2.49. The Bertz CT molecular complexity index is 960. The van der Waals surface area contributed by atoms with Crippen LogP contribution in [0.25, 0.3) is 0 Å². The van der Waals surface area contributed by atoms with Gasteiger partial charge in [-0.1, -0.05) is 47.5 Å². The third kappa shape index (κ3) is 4.74. The SMILES string of the molecule is O=C(O)C[C@H]1C[C@H](c2cccc(Cl)c2)[C@@H](c2ccc(Cl)cc2)N(C(CO)C2CC2)C1=O. The van der Waals surface area contributed by atoms with Gasteiger partial charge >= 0.3 is 5.97 Å². The molecule has 2 fully saturated rings. The molecule has 1 saturated carbocycles. The first-order chi connectivity index (χ1) is 14.9. The topological polar surface area (TPSA) is 77.8 Å². The summed E-state index contributed by atoms with van der Waals surface area (Å²) in [6.07, 6.45) is 2.07. The van der Waals surface area contributed by atoms with Gasteiger partial charge in [0.15, 0.2) is 0 Å². The minimum Gasteiger partial charge on any atom is -0.481 e. The van der Waals surface area contributed by atoms with Crippen LogP contribution >= 0.6 is 23.2 Å². The number of hydrogen-bond donors (Lipinski definition) is 2. The fourth-order valence-corrected chi connectivity index (χ4v) is 5.21. The van der Waals surface area contributed by atoms with Gasteiger partial charge in [0.25, 0.3) is 0 Å². The van der Waals surface area contributed by atoms with Gasteiger partial charge in [0, 0.05) is 21.9 Å². The molecular formula is C24H25Cl2NO4. The fourth-order valence-electron chi connectivity index (χ4n) is 4.88. The van der Waals surface area contributed by atoms with Gasteiger partial charge in [-0.25, -0.2) is 0 Å². The van der Waals surface area contributed by atoms with Crippen molar-refractivity contribution in [1.82, 2.24) is 4.90 Å². The molecule has 5 nitrogen and oxygen atoms in total. The predicted octanol–water partition coefficient (Wildman–Crippen LogP) is 4.91. The van der Waals surface area contributed by atoms with E-state index in [9.17, 15) is 19.8 Å². The normalized spacial score (nSPS) is 24.8. The van der Waals surface area contributed by atoms with Crippen molar-refractivity contribution in [2.75, 3.05) is 6.61 Å². The van der Waals surface area contributed by atoms with E-state index in [0.717, 1.165) is 24.0 Å². The molecule has 2 aliphatic rings. The van der Waals surface area contributed by atoms with E-state index in [0.29, 0.717) is 16.5 Å². The number of carboxylic acids is 1. The van der Waals surface area contributed by atoms with Crippen molar-refractivity contribution < 1.29 is 19.8 Å². The van der Waals surface area contributed by atoms with Crippen LogP contribution < -0.4 is 0 Å². The van der Waals surface area contributed by atoms with E-state index >= 15 is 0 Å². The quantitative estimate of drug-likeness (QED) is 0.613. The number of piperidine rings is 1. The molecule has 1 aliphatic carbocycles. The van der Waals surface area contributed by atoms with Gasteiger partial charge in [-0.3, -0.25) is 9.59 Å². The number of hydrogen-bond acceptors (Lipinski definition) is 3. The second-order valence-corrected chi connectivity index (χ2v) is 9.39. The number of carboxylic acid groups (broad SMARTS) is 1. The smallest absolute Gasteiger partial charge is 0.304 e. The lowest BCUT2D eigenvalue weighted by molar-refractivity contribution is -0.153. The number of carbonyl (C=O) groups excluding carboxylic acids is 1. The van der Waals surface area contributed by atoms with Crippen molar-refractivity contribution in [2.45, 2.75) is 43.7 Å². The highest BCUT2D eigenvalue weighted by atomic mass is 35.5. The molecule has 1 unspecified atom stereocenters. The highest BCUT2D eigenvalue weighted by molar-refractivity contribution is 6.30. The molecule has 164 valence electrons. The first-order valence-corrected chi connectivity index (χ1v) is 11.3. The molecule has 2 N–H and O–H groups in total. The molecule has 1 aliphatic heterocycles. The number of benzene rings is 2. The van der Waals surface area contributed by atoms with Crippen LogP contribution in [0, 0.1) is 11.8 Å². The first-order valence-electron chi connectivity index (χ1n) is 10.5. The summed E-state index contributed by atoms with van der Waals surface area (Å²) in [6.45, 7) is -0.150. The van der Waals surface area contributed by atoms with Crippen molar-refractivity contribution in [2.24, 2.45) is 11.8 Å². The predicted molar refractivity (Wildman–Crippen MR) is 119 cm³/mol. The molecule has 0 bridgehead atoms. The summed E-state index contributed by atoms with van der Waals surface area (Å²) < 4.78 is 0. The molecule has 7 heteroatoms. The molecule has 4 atom stereocenters. The molecule has 0 spiro atoms. The van der Waals surface area contributed by atoms with Gasteiger partial charge in [0.05, 0.1) is 25.1 Å². The Hall–Kier alpha value is -2.08. The van der Waals surface area contributed by atoms with Crippen LogP contribution in [-0.2, 0) is 9.59 Å². The third-order valence-electron chi connectivity index (χ3n) is 6.44. The lowest BCUT2D eigenvalue weighted by Crippen LogP contribution is -2.54. The number of carbonyl (C=O) groups is 2. The van der Waals surface area contributed by atoms with Crippen LogP contribution in [0.2, 0.25) is 10.0 Å². The summed E-state index contributed by atoms with van der Waals surface area (Å²) in [5.41, 5.74) is 1.86. The van der Waals surface area contributed by atoms with E-state index in [1.165, 1.54) is 0 Å². The second-order valence-electron chi connectivity index (χ2n) is 8.52. The molecule has 1 heterocycles. The van der Waals surface area contributed by atoms with E-state index in [1.54, 1.807) is 23.1 Å². The lowest BCUT2D eigenvalue weighted by Gasteiger charge is -2.48. The number of likely N-dealkylation sites (tertiary alicyclic amines) is 1. The average molecular weight is 462 g/mol. The maximum Gasteiger partial charge on any atom is 0.304 e. The van der Waals surface area contributed by atoms with Crippen LogP contribution in [0.3, 0.4) is 0 Å². The molecule has 1 saturated heterocycles. The summed E-state index contributed by atoms with van der Waals surface area (Å²) in [4.78, 5) is 26.9. The van der Waals surface area contributed by atoms with Crippen molar-refractivity contribution in [1.29, 1.82) is 0 Å². The number of amides is 1. The summed E-state index contributed by atoms with van der Waals surface area (Å²) in [6, 6.07) is 14.2. The molecule has 0 aromatic heterocycles. The maximum absolute atomic E-state index is 13.6. The molecule has 4 rings (SSSR count). The molecule has 2 aromatic carbocycles. The van der Waals surface area contributed by atoms with Crippen molar-refractivity contribution in [3.8, 4) is 0 Å². The van der Waals surface area contributed by atoms with Gasteiger partial charge in [0.1, 0.15) is 0 Å². The Morgan fingerprint density at radius 2 is 1.77 bits per heavy atom. The van der Waals surface area contributed by atoms with E-state index in [-0.39, 0.29) is 42.9 Å². The summed E-state index contributed by atoms with van der Waals surface area (Å²) in [5.74, 6) is -1.79. The minimum absolute atomic E-state index is 0.150. The van der Waals surface area contributed by atoms with Crippen molar-refractivity contribution >= 4 is 35.1 Å². The number of nitrogens with zero attached hydrogens (tertiary/aromatic N) is 1. The van der Waals surface area contributed by atoms with Crippen LogP contribution in [0.5, 0.6) is 0 Å². The van der Waals surface area contributed by atoms with E-state index in [1.807, 2.05) is 30.3 Å². The summed E-state index contributed by atoms with van der Waals surface area (Å²) in [5, 5.41) is 20.9. The Morgan fingerprint density at radius 1 is 1.06 bits per heavy atom. The standard InChI is InChI=1S/C24H25Cl2NO4/c25-18-8-6-15(7-9-18)23-20(16-2-1-3-19(26)10-16)11-17(12-22(29)30)24(31)27(23)21(13-28)14-4-5-14/h1-3,6-10,14,17,20-21,23,28H,4-5,11-13H2,(H,29,30)/t17-,20-,21?,23-/m1/s1. The Balaban J connectivity index is 1.84. The van der Waals surface area contributed by atoms with E-state index in [4.69, 9.17) is 23.2 Å². The Kier molecular flexibility index (Phi) is 6.56. The second kappa shape index (κ2) is 9.19. The van der Waals surface area contributed by atoms with E-state index in [2.05, 4.69) is 0 Å². The average Bonchev–Trinajstić information content (AvgIpc) is 3.57. The molecule has 2 aromatic rings. The van der Waals surface area contributed by atoms with Gasteiger partial charge in [-0.05, 0) is 60.6 Å². The van der Waals surface area contributed by atoms with Gasteiger partial charge in [-0.2, -0.15) is 0 Å². The largest absolute Gasteiger partial charge is 0.481 e. The van der Waals surface area contributed by atoms with Gasteiger partial charge in [0.2, 0.25) is 5.91 Å². The summed E-state index contributed by atoms with van der Waals surface area (Å²) >= 11 is 12.4. The van der Waals surface area contributed by atoms with Crippen LogP contribution in [0.4, 0.5) is 0 Å². The zero-order valence-corrected chi connectivity index (χ0v) is 18.5. The fraction of sp³-hybridized carbons (Fsp3) is 0.417. The maximum atomic E-state index is 13.6. The zero-order chi connectivity index (χ0) is 22.1. The lowest BCUT2D eigenvalue weighted by atomic mass is 9.74. The Labute approximate surface area is 191 Å². The number of aliphatic carboxylic acids is 1. The number of rotatable bonds is 7. The Morgan fingerprint density at radius 3 is 2.35 bits per heavy atom. The van der Waals surface area contributed by atoms with Crippen molar-refractivity contribution in [3.63, 3.8) is 0 Å². The van der Waals surface area contributed by atoms with E-state index < -0.39 is 11.9 Å². The summed E-state index contributed by atoms with van der Waals surface area (Å²) in [7, 11) is 0.